The number of aryl methyl sites for hydroxylation is 2. The Balaban J connectivity index is 2.08. The van der Waals surface area contributed by atoms with Crippen molar-refractivity contribution in [3.8, 4) is 0 Å². The Morgan fingerprint density at radius 2 is 2.28 bits per heavy atom. The van der Waals surface area contributed by atoms with Crippen molar-refractivity contribution in [1.82, 2.24) is 15.5 Å². The summed E-state index contributed by atoms with van der Waals surface area (Å²) < 4.78 is 5.02. The lowest BCUT2D eigenvalue weighted by Crippen LogP contribution is -2.24. The smallest absolute Gasteiger partial charge is 0.255 e. The van der Waals surface area contributed by atoms with Gasteiger partial charge in [0.25, 0.3) is 5.91 Å². The van der Waals surface area contributed by atoms with Crippen LogP contribution in [0.25, 0.3) is 0 Å². The van der Waals surface area contributed by atoms with Gasteiger partial charge in [-0.1, -0.05) is 5.16 Å². The average Bonchev–Trinajstić information content (AvgIpc) is 2.67. The van der Waals surface area contributed by atoms with Crippen molar-refractivity contribution in [2.75, 3.05) is 5.73 Å². The van der Waals surface area contributed by atoms with Crippen LogP contribution in [-0.4, -0.2) is 16.0 Å². The molecule has 0 radical (unpaired) electrons. The SMILES string of the molecule is Cc1noc(C)c1CNC(=O)c1cccnc1N. The van der Waals surface area contributed by atoms with E-state index in [1.165, 1.54) is 0 Å². The minimum absolute atomic E-state index is 0.216. The maximum atomic E-state index is 11.9. The summed E-state index contributed by atoms with van der Waals surface area (Å²) in [6.45, 7) is 3.99. The summed E-state index contributed by atoms with van der Waals surface area (Å²) >= 11 is 0. The Bertz CT molecular complexity index is 558. The zero-order chi connectivity index (χ0) is 13.1. The standard InChI is InChI=1S/C12H14N4O2/c1-7-10(8(2)18-16-7)6-15-12(17)9-4-3-5-14-11(9)13/h3-5H,6H2,1-2H3,(H2,13,14)(H,15,17). The van der Waals surface area contributed by atoms with Crippen molar-refractivity contribution in [1.29, 1.82) is 0 Å². The monoisotopic (exact) mass is 246 g/mol. The molecule has 0 saturated carbocycles. The highest BCUT2D eigenvalue weighted by Crippen LogP contribution is 2.12. The van der Waals surface area contributed by atoms with Crippen molar-refractivity contribution in [2.45, 2.75) is 20.4 Å². The van der Waals surface area contributed by atoms with Crippen LogP contribution in [0.4, 0.5) is 5.82 Å². The zero-order valence-electron chi connectivity index (χ0n) is 10.2. The Kier molecular flexibility index (Phi) is 3.27. The second-order valence-electron chi connectivity index (χ2n) is 3.92. The van der Waals surface area contributed by atoms with Crippen molar-refractivity contribution >= 4 is 11.7 Å². The number of aromatic nitrogens is 2. The Morgan fingerprint density at radius 1 is 1.50 bits per heavy atom. The molecule has 3 N–H and O–H groups in total. The fourth-order valence-electron chi connectivity index (χ4n) is 1.63. The number of nitrogens with zero attached hydrogens (tertiary/aromatic N) is 2. The van der Waals surface area contributed by atoms with Crippen molar-refractivity contribution in [2.24, 2.45) is 0 Å². The summed E-state index contributed by atoms with van der Waals surface area (Å²) in [5, 5.41) is 6.59. The molecule has 6 nitrogen and oxygen atoms in total. The fourth-order valence-corrected chi connectivity index (χ4v) is 1.63. The van der Waals surface area contributed by atoms with Gasteiger partial charge in [-0.05, 0) is 26.0 Å². The van der Waals surface area contributed by atoms with Crippen molar-refractivity contribution in [3.05, 3.63) is 40.9 Å². The molecule has 2 aromatic heterocycles. The molecule has 0 saturated heterocycles. The molecule has 0 aliphatic heterocycles. The Hall–Kier alpha value is -2.37. The summed E-state index contributed by atoms with van der Waals surface area (Å²) in [5.74, 6) is 0.654. The van der Waals surface area contributed by atoms with Gasteiger partial charge in [-0.25, -0.2) is 4.98 Å². The largest absolute Gasteiger partial charge is 0.383 e. The predicted molar refractivity (Wildman–Crippen MR) is 65.8 cm³/mol. The molecule has 0 spiro atoms. The second-order valence-corrected chi connectivity index (χ2v) is 3.92. The van der Waals surface area contributed by atoms with Crippen LogP contribution >= 0.6 is 0 Å². The minimum atomic E-state index is -0.263. The van der Waals surface area contributed by atoms with Gasteiger partial charge in [0.15, 0.2) is 0 Å². The molecular formula is C12H14N4O2. The van der Waals surface area contributed by atoms with E-state index in [2.05, 4.69) is 15.5 Å². The first kappa shape index (κ1) is 12.1. The lowest BCUT2D eigenvalue weighted by atomic mass is 10.2. The molecule has 0 bridgehead atoms. The average molecular weight is 246 g/mol. The normalized spacial score (nSPS) is 10.3. The third-order valence-corrected chi connectivity index (χ3v) is 2.69. The number of rotatable bonds is 3. The van der Waals surface area contributed by atoms with E-state index in [1.54, 1.807) is 25.3 Å². The molecular weight excluding hydrogens is 232 g/mol. The van der Waals surface area contributed by atoms with E-state index in [4.69, 9.17) is 10.3 Å². The number of amides is 1. The number of anilines is 1. The van der Waals surface area contributed by atoms with E-state index >= 15 is 0 Å². The minimum Gasteiger partial charge on any atom is -0.383 e. The molecule has 0 aromatic carbocycles. The molecule has 94 valence electrons. The molecule has 0 atom stereocenters. The van der Waals surface area contributed by atoms with Crippen LogP contribution in [-0.2, 0) is 6.54 Å². The molecule has 2 heterocycles. The van der Waals surface area contributed by atoms with Gasteiger partial charge in [-0.3, -0.25) is 4.79 Å². The lowest BCUT2D eigenvalue weighted by molar-refractivity contribution is 0.0951. The highest BCUT2D eigenvalue weighted by Gasteiger charge is 2.13. The molecule has 0 aliphatic rings. The number of hydrogen-bond acceptors (Lipinski definition) is 5. The van der Waals surface area contributed by atoms with E-state index in [9.17, 15) is 4.79 Å². The number of nitrogen functional groups attached to an aromatic ring is 1. The van der Waals surface area contributed by atoms with Crippen LogP contribution in [0, 0.1) is 13.8 Å². The van der Waals surface area contributed by atoms with Gasteiger partial charge >= 0.3 is 0 Å². The molecule has 0 aliphatic carbocycles. The van der Waals surface area contributed by atoms with Crippen LogP contribution in [0.2, 0.25) is 0 Å². The summed E-state index contributed by atoms with van der Waals surface area (Å²) in [4.78, 5) is 15.8. The molecule has 1 amide bonds. The Labute approximate surface area is 104 Å². The number of nitrogens with one attached hydrogen (secondary N) is 1. The van der Waals surface area contributed by atoms with Crippen LogP contribution in [0.1, 0.15) is 27.4 Å². The molecule has 0 unspecified atom stereocenters. The number of nitrogens with two attached hydrogens (primary N) is 1. The van der Waals surface area contributed by atoms with Crippen molar-refractivity contribution in [3.63, 3.8) is 0 Å². The van der Waals surface area contributed by atoms with Crippen LogP contribution in [0.5, 0.6) is 0 Å². The summed E-state index contributed by atoms with van der Waals surface area (Å²) in [7, 11) is 0. The second kappa shape index (κ2) is 4.87. The van der Waals surface area contributed by atoms with E-state index in [-0.39, 0.29) is 11.7 Å². The molecule has 18 heavy (non-hydrogen) atoms. The lowest BCUT2D eigenvalue weighted by Gasteiger charge is -2.06. The first-order valence-electron chi connectivity index (χ1n) is 5.50. The first-order chi connectivity index (χ1) is 8.59. The molecule has 6 heteroatoms. The maximum absolute atomic E-state index is 11.9. The van der Waals surface area contributed by atoms with Crippen LogP contribution < -0.4 is 11.1 Å². The van der Waals surface area contributed by atoms with E-state index < -0.39 is 0 Å². The van der Waals surface area contributed by atoms with E-state index in [1.807, 2.05) is 6.92 Å². The topological polar surface area (TPSA) is 94.0 Å². The van der Waals surface area contributed by atoms with Gasteiger partial charge in [0.05, 0.1) is 11.3 Å². The van der Waals surface area contributed by atoms with Gasteiger partial charge in [0.2, 0.25) is 0 Å². The third-order valence-electron chi connectivity index (χ3n) is 2.69. The molecule has 2 rings (SSSR count). The quantitative estimate of drug-likeness (QED) is 0.848. The molecule has 0 fully saturated rings. The number of hydrogen-bond donors (Lipinski definition) is 2. The number of carbonyl (C=O) groups excluding carboxylic acids is 1. The van der Waals surface area contributed by atoms with Gasteiger partial charge in [-0.2, -0.15) is 0 Å². The van der Waals surface area contributed by atoms with Gasteiger partial charge in [-0.15, -0.1) is 0 Å². The summed E-state index contributed by atoms with van der Waals surface area (Å²) in [6.07, 6.45) is 1.54. The number of pyridine rings is 1. The van der Waals surface area contributed by atoms with Gasteiger partial charge in [0.1, 0.15) is 11.6 Å². The highest BCUT2D eigenvalue weighted by molar-refractivity contribution is 5.98. The van der Waals surface area contributed by atoms with E-state index in [0.29, 0.717) is 17.9 Å². The predicted octanol–water partition coefficient (Wildman–Crippen LogP) is 1.20. The van der Waals surface area contributed by atoms with Crippen LogP contribution in [0.3, 0.4) is 0 Å². The highest BCUT2D eigenvalue weighted by atomic mass is 16.5. The molecule has 2 aromatic rings. The van der Waals surface area contributed by atoms with E-state index in [0.717, 1.165) is 11.3 Å². The Morgan fingerprint density at radius 3 is 2.89 bits per heavy atom. The number of carbonyl (C=O) groups is 1. The van der Waals surface area contributed by atoms with Crippen LogP contribution in [0.15, 0.2) is 22.9 Å². The summed E-state index contributed by atoms with van der Waals surface area (Å²) in [5.41, 5.74) is 7.64. The summed E-state index contributed by atoms with van der Waals surface area (Å²) in [6, 6.07) is 3.30. The van der Waals surface area contributed by atoms with Gasteiger partial charge < -0.3 is 15.6 Å². The maximum Gasteiger partial charge on any atom is 0.255 e. The van der Waals surface area contributed by atoms with Crippen molar-refractivity contribution < 1.29 is 9.32 Å². The third kappa shape index (κ3) is 2.32. The fraction of sp³-hybridized carbons (Fsp3) is 0.250. The van der Waals surface area contributed by atoms with Gasteiger partial charge in [0, 0.05) is 18.3 Å². The zero-order valence-corrected chi connectivity index (χ0v) is 10.2. The first-order valence-corrected chi connectivity index (χ1v) is 5.50.